The molecule has 1 saturated heterocycles. The van der Waals surface area contributed by atoms with E-state index >= 15 is 0 Å². The lowest BCUT2D eigenvalue weighted by Crippen LogP contribution is -2.51. The zero-order valence-corrected chi connectivity index (χ0v) is 16.1. The van der Waals surface area contributed by atoms with E-state index in [1.807, 2.05) is 6.92 Å². The lowest BCUT2D eigenvalue weighted by Gasteiger charge is -2.37. The number of anilines is 1. The summed E-state index contributed by atoms with van der Waals surface area (Å²) in [6, 6.07) is 6.83. The number of benzene rings is 1. The highest BCUT2D eigenvalue weighted by molar-refractivity contribution is 7.89. The third-order valence-electron chi connectivity index (χ3n) is 4.54. The van der Waals surface area contributed by atoms with Crippen LogP contribution in [0.25, 0.3) is 0 Å². The van der Waals surface area contributed by atoms with Crippen LogP contribution in [0, 0.1) is 0 Å². The minimum absolute atomic E-state index is 0.117. The van der Waals surface area contributed by atoms with Crippen LogP contribution in [0.3, 0.4) is 0 Å². The summed E-state index contributed by atoms with van der Waals surface area (Å²) in [7, 11) is -3.30. The number of carbonyl (C=O) groups is 1. The molecule has 7 nitrogen and oxygen atoms in total. The van der Waals surface area contributed by atoms with E-state index in [1.165, 1.54) is 4.31 Å². The molecule has 1 amide bonds. The minimum Gasteiger partial charge on any atom is -0.387 e. The Hall–Kier alpha value is -1.64. The van der Waals surface area contributed by atoms with Crippen molar-refractivity contribution in [1.82, 2.24) is 4.31 Å². The predicted octanol–water partition coefficient (Wildman–Crippen LogP) is 2.63. The number of oxime groups is 1. The molecule has 142 valence electrons. The number of rotatable bonds is 5. The van der Waals surface area contributed by atoms with Crippen LogP contribution >= 0.6 is 11.6 Å². The molecule has 1 aromatic rings. The molecule has 1 spiro atoms. The van der Waals surface area contributed by atoms with Gasteiger partial charge in [-0.3, -0.25) is 4.79 Å². The van der Waals surface area contributed by atoms with Crippen LogP contribution in [-0.4, -0.2) is 48.8 Å². The van der Waals surface area contributed by atoms with Gasteiger partial charge in [0.2, 0.25) is 10.0 Å². The Bertz CT molecular complexity index is 827. The first-order valence-electron chi connectivity index (χ1n) is 8.63. The number of nitrogens with zero attached hydrogens (tertiary/aromatic N) is 2. The van der Waals surface area contributed by atoms with E-state index in [0.717, 1.165) is 0 Å². The second-order valence-electron chi connectivity index (χ2n) is 6.71. The average molecular weight is 400 g/mol. The average Bonchev–Trinajstić information content (AvgIpc) is 2.98. The first-order valence-corrected chi connectivity index (χ1v) is 10.6. The third kappa shape index (κ3) is 4.19. The second kappa shape index (κ2) is 7.54. The molecule has 2 aliphatic heterocycles. The van der Waals surface area contributed by atoms with Crippen LogP contribution in [-0.2, 0) is 19.7 Å². The Balaban J connectivity index is 1.65. The Labute approximate surface area is 158 Å². The maximum atomic E-state index is 12.4. The van der Waals surface area contributed by atoms with Crippen molar-refractivity contribution in [2.45, 2.75) is 38.2 Å². The summed E-state index contributed by atoms with van der Waals surface area (Å²) in [6.45, 7) is 2.55. The maximum absolute atomic E-state index is 12.4. The van der Waals surface area contributed by atoms with Gasteiger partial charge in [0.25, 0.3) is 5.91 Å². The van der Waals surface area contributed by atoms with Crippen molar-refractivity contribution in [1.29, 1.82) is 0 Å². The zero-order chi connectivity index (χ0) is 18.8. The van der Waals surface area contributed by atoms with E-state index in [-0.39, 0.29) is 30.3 Å². The number of amides is 1. The molecule has 1 N–H and O–H groups in total. The molecule has 0 aromatic heterocycles. The molecule has 0 aliphatic carbocycles. The quantitative estimate of drug-likeness (QED) is 0.824. The van der Waals surface area contributed by atoms with Crippen LogP contribution in [0.15, 0.2) is 29.4 Å². The van der Waals surface area contributed by atoms with E-state index in [1.54, 1.807) is 24.3 Å². The fourth-order valence-electron chi connectivity index (χ4n) is 3.31. The summed E-state index contributed by atoms with van der Waals surface area (Å²) in [5.41, 5.74) is 0.0849. The fraction of sp³-hybridized carbons (Fsp3) is 0.529. The highest BCUT2D eigenvalue weighted by Crippen LogP contribution is 2.34. The lowest BCUT2D eigenvalue weighted by atomic mass is 9.89. The first-order chi connectivity index (χ1) is 12.3. The molecule has 1 fully saturated rings. The molecular weight excluding hydrogens is 378 g/mol. The van der Waals surface area contributed by atoms with E-state index in [0.29, 0.717) is 36.5 Å². The van der Waals surface area contributed by atoms with Crippen molar-refractivity contribution < 1.29 is 18.0 Å². The van der Waals surface area contributed by atoms with Gasteiger partial charge in [0.1, 0.15) is 5.71 Å². The number of sulfonamides is 1. The maximum Gasteiger partial charge on any atom is 0.273 e. The molecule has 2 heterocycles. The smallest absolute Gasteiger partial charge is 0.273 e. The van der Waals surface area contributed by atoms with Crippen LogP contribution in [0.4, 0.5) is 5.69 Å². The van der Waals surface area contributed by atoms with Crippen LogP contribution in [0.1, 0.15) is 32.6 Å². The topological polar surface area (TPSA) is 88.1 Å². The molecular formula is C17H22ClN3O4S. The largest absolute Gasteiger partial charge is 0.387 e. The molecule has 0 saturated carbocycles. The summed E-state index contributed by atoms with van der Waals surface area (Å²) < 4.78 is 26.2. The monoisotopic (exact) mass is 399 g/mol. The van der Waals surface area contributed by atoms with Gasteiger partial charge in [-0.25, -0.2) is 8.42 Å². The molecule has 26 heavy (non-hydrogen) atoms. The van der Waals surface area contributed by atoms with Gasteiger partial charge in [0, 0.05) is 23.7 Å². The predicted molar refractivity (Wildman–Crippen MR) is 101 cm³/mol. The first kappa shape index (κ1) is 19.1. The summed E-state index contributed by atoms with van der Waals surface area (Å²) in [5, 5.41) is 7.21. The van der Waals surface area contributed by atoms with Crippen molar-refractivity contribution in [2.24, 2.45) is 5.16 Å². The summed E-state index contributed by atoms with van der Waals surface area (Å²) in [4.78, 5) is 18.0. The number of hydrogen-bond acceptors (Lipinski definition) is 5. The van der Waals surface area contributed by atoms with E-state index < -0.39 is 15.6 Å². The van der Waals surface area contributed by atoms with Crippen molar-refractivity contribution >= 4 is 38.9 Å². The van der Waals surface area contributed by atoms with Crippen LogP contribution in [0.5, 0.6) is 0 Å². The molecule has 0 radical (unpaired) electrons. The van der Waals surface area contributed by atoms with Gasteiger partial charge in [-0.05, 0) is 37.5 Å². The van der Waals surface area contributed by atoms with Gasteiger partial charge < -0.3 is 10.2 Å². The summed E-state index contributed by atoms with van der Waals surface area (Å²) in [6.07, 6.45) is 2.21. The Morgan fingerprint density at radius 1 is 1.46 bits per heavy atom. The number of nitrogens with one attached hydrogen (secondary N) is 1. The van der Waals surface area contributed by atoms with E-state index in [4.69, 9.17) is 16.4 Å². The van der Waals surface area contributed by atoms with Gasteiger partial charge in [-0.2, -0.15) is 4.31 Å². The van der Waals surface area contributed by atoms with Crippen molar-refractivity contribution in [2.75, 3.05) is 24.2 Å². The Morgan fingerprint density at radius 3 is 3.00 bits per heavy atom. The lowest BCUT2D eigenvalue weighted by molar-refractivity contribution is -0.110. The molecule has 2 aliphatic rings. The second-order valence-corrected chi connectivity index (χ2v) is 9.23. The highest BCUT2D eigenvalue weighted by Gasteiger charge is 2.46. The van der Waals surface area contributed by atoms with Crippen LogP contribution < -0.4 is 5.32 Å². The number of hydrogen-bond donors (Lipinski definition) is 1. The van der Waals surface area contributed by atoms with Crippen molar-refractivity contribution in [3.05, 3.63) is 29.3 Å². The Kier molecular flexibility index (Phi) is 5.55. The molecule has 1 unspecified atom stereocenters. The molecule has 3 rings (SSSR count). The van der Waals surface area contributed by atoms with Crippen molar-refractivity contribution in [3.63, 3.8) is 0 Å². The van der Waals surface area contributed by atoms with Crippen LogP contribution in [0.2, 0.25) is 5.02 Å². The van der Waals surface area contributed by atoms with E-state index in [2.05, 4.69) is 10.5 Å². The van der Waals surface area contributed by atoms with Gasteiger partial charge in [0.15, 0.2) is 5.60 Å². The number of halogens is 1. The fourth-order valence-corrected chi connectivity index (χ4v) is 5.12. The van der Waals surface area contributed by atoms with Crippen molar-refractivity contribution in [3.8, 4) is 0 Å². The number of carbonyl (C=O) groups excluding carboxylic acids is 1. The van der Waals surface area contributed by atoms with Gasteiger partial charge >= 0.3 is 0 Å². The van der Waals surface area contributed by atoms with Gasteiger partial charge in [-0.15, -0.1) is 0 Å². The SMILES string of the molecule is CCCS(=O)(=O)N1CCCC2(CC(C(=O)Nc3cccc(Cl)c3)=NO2)C1. The molecule has 9 heteroatoms. The normalized spacial score (nSPS) is 23.5. The van der Waals surface area contributed by atoms with E-state index in [9.17, 15) is 13.2 Å². The van der Waals surface area contributed by atoms with Gasteiger partial charge in [0.05, 0.1) is 12.3 Å². The minimum atomic E-state index is -3.30. The highest BCUT2D eigenvalue weighted by atomic mass is 35.5. The molecule has 1 atom stereocenters. The summed E-state index contributed by atoms with van der Waals surface area (Å²) >= 11 is 5.92. The molecule has 1 aromatic carbocycles. The Morgan fingerprint density at radius 2 is 2.27 bits per heavy atom. The standard InChI is InChI=1S/C17H22ClN3O4S/c1-2-9-26(23,24)21-8-4-7-17(12-21)11-15(20-25-17)16(22)19-14-6-3-5-13(18)10-14/h3,5-6,10H,2,4,7-9,11-12H2,1H3,(H,19,22). The zero-order valence-electron chi connectivity index (χ0n) is 14.6. The summed E-state index contributed by atoms with van der Waals surface area (Å²) in [5.74, 6) is -0.246. The molecule has 0 bridgehead atoms. The third-order valence-corrected chi connectivity index (χ3v) is 6.80. The van der Waals surface area contributed by atoms with Gasteiger partial charge in [-0.1, -0.05) is 29.7 Å². The number of piperidine rings is 1.